The summed E-state index contributed by atoms with van der Waals surface area (Å²) in [6.07, 6.45) is 9.03. The molecule has 98 valence electrons. The average molecular weight is 236 g/mol. The van der Waals surface area contributed by atoms with Crippen molar-refractivity contribution in [1.82, 2.24) is 9.88 Å². The topological polar surface area (TPSA) is 17.0 Å². The van der Waals surface area contributed by atoms with Crippen molar-refractivity contribution in [3.63, 3.8) is 0 Å². The second kappa shape index (κ2) is 8.35. The second-order valence-electron chi connectivity index (χ2n) is 4.81. The lowest BCUT2D eigenvalue weighted by atomic mass is 10.1. The van der Waals surface area contributed by atoms with Gasteiger partial charge in [-0.25, -0.2) is 0 Å². The van der Waals surface area contributed by atoms with Gasteiger partial charge in [-0.1, -0.05) is 39.5 Å². The molecule has 0 spiro atoms. The van der Waals surface area contributed by atoms with Crippen molar-refractivity contribution in [2.24, 2.45) is 0 Å². The molecule has 2 heteroatoms. The highest BCUT2D eigenvalue weighted by molar-refractivity contribution is 5.20. The van der Waals surface area contributed by atoms with Crippen molar-refractivity contribution in [2.45, 2.75) is 66.0 Å². The van der Waals surface area contributed by atoms with Gasteiger partial charge in [-0.05, 0) is 31.5 Å². The minimum absolute atomic E-state index is 1.01. The molecule has 0 amide bonds. The summed E-state index contributed by atoms with van der Waals surface area (Å²) >= 11 is 0. The maximum Gasteiger partial charge on any atom is 0.0223 e. The maximum absolute atomic E-state index is 3.39. The number of hydrogen-bond donors (Lipinski definition) is 1. The monoisotopic (exact) mass is 236 g/mol. The summed E-state index contributed by atoms with van der Waals surface area (Å²) < 4.78 is 2.40. The molecule has 0 atom stereocenters. The molecule has 0 bridgehead atoms. The molecule has 1 heterocycles. The predicted molar refractivity (Wildman–Crippen MR) is 75.3 cm³/mol. The van der Waals surface area contributed by atoms with Crippen molar-refractivity contribution >= 4 is 0 Å². The second-order valence-corrected chi connectivity index (χ2v) is 4.81. The molecule has 1 aromatic rings. The smallest absolute Gasteiger partial charge is 0.0223 e. The molecule has 0 fully saturated rings. The maximum atomic E-state index is 3.39. The quantitative estimate of drug-likeness (QED) is 0.644. The Morgan fingerprint density at radius 2 is 1.88 bits per heavy atom. The molecule has 0 unspecified atom stereocenters. The van der Waals surface area contributed by atoms with Crippen molar-refractivity contribution < 1.29 is 0 Å². The molecule has 0 radical (unpaired) electrons. The van der Waals surface area contributed by atoms with Gasteiger partial charge in [0.05, 0.1) is 0 Å². The highest BCUT2D eigenvalue weighted by atomic mass is 15.0. The van der Waals surface area contributed by atoms with Crippen LogP contribution in [-0.4, -0.2) is 11.1 Å². The van der Waals surface area contributed by atoms with E-state index in [1.54, 1.807) is 0 Å². The Balaban J connectivity index is 2.30. The fourth-order valence-electron chi connectivity index (χ4n) is 2.17. The number of rotatable bonds is 9. The number of unbranched alkanes of at least 4 members (excludes halogenated alkanes) is 4. The molecule has 1 aromatic heterocycles. The standard InChI is InChI=1S/C15H28N2/c1-4-6-7-8-9-11-17-12-10-15(14(17)3)13-16-5-2/h10,12,16H,4-9,11,13H2,1-3H3. The summed E-state index contributed by atoms with van der Waals surface area (Å²) in [5, 5.41) is 3.39. The average Bonchev–Trinajstić information content (AvgIpc) is 2.68. The van der Waals surface area contributed by atoms with Crippen LogP contribution >= 0.6 is 0 Å². The molecule has 0 aliphatic heterocycles. The van der Waals surface area contributed by atoms with Gasteiger partial charge in [-0.15, -0.1) is 0 Å². The van der Waals surface area contributed by atoms with Gasteiger partial charge in [0, 0.05) is 25.0 Å². The Morgan fingerprint density at radius 1 is 1.12 bits per heavy atom. The third-order valence-corrected chi connectivity index (χ3v) is 3.42. The van der Waals surface area contributed by atoms with Gasteiger partial charge in [0.15, 0.2) is 0 Å². The number of nitrogens with one attached hydrogen (secondary N) is 1. The third kappa shape index (κ3) is 4.95. The van der Waals surface area contributed by atoms with Crippen LogP contribution in [0.25, 0.3) is 0 Å². The van der Waals surface area contributed by atoms with E-state index in [-0.39, 0.29) is 0 Å². The zero-order chi connectivity index (χ0) is 12.5. The Morgan fingerprint density at radius 3 is 2.59 bits per heavy atom. The van der Waals surface area contributed by atoms with Crippen LogP contribution in [0.5, 0.6) is 0 Å². The van der Waals surface area contributed by atoms with E-state index >= 15 is 0 Å². The highest BCUT2D eigenvalue weighted by Crippen LogP contribution is 2.12. The molecule has 0 saturated carbocycles. The van der Waals surface area contributed by atoms with Gasteiger partial charge in [-0.2, -0.15) is 0 Å². The first kappa shape index (κ1) is 14.3. The van der Waals surface area contributed by atoms with E-state index < -0.39 is 0 Å². The zero-order valence-electron chi connectivity index (χ0n) is 11.8. The van der Waals surface area contributed by atoms with E-state index in [9.17, 15) is 0 Å². The van der Waals surface area contributed by atoms with Crippen LogP contribution in [0.3, 0.4) is 0 Å². The molecule has 0 aliphatic rings. The van der Waals surface area contributed by atoms with E-state index in [0.717, 1.165) is 13.1 Å². The van der Waals surface area contributed by atoms with Gasteiger partial charge >= 0.3 is 0 Å². The van der Waals surface area contributed by atoms with Crippen molar-refractivity contribution in [2.75, 3.05) is 6.54 Å². The minimum Gasteiger partial charge on any atom is -0.351 e. The van der Waals surface area contributed by atoms with E-state index in [0.29, 0.717) is 0 Å². The molecule has 0 aromatic carbocycles. The molecule has 2 nitrogen and oxygen atoms in total. The summed E-state index contributed by atoms with van der Waals surface area (Å²) in [7, 11) is 0. The van der Waals surface area contributed by atoms with Crippen LogP contribution in [0.2, 0.25) is 0 Å². The largest absolute Gasteiger partial charge is 0.351 e. The van der Waals surface area contributed by atoms with Gasteiger partial charge in [0.1, 0.15) is 0 Å². The van der Waals surface area contributed by atoms with Crippen LogP contribution in [-0.2, 0) is 13.1 Å². The van der Waals surface area contributed by atoms with Crippen molar-refractivity contribution in [3.8, 4) is 0 Å². The number of aryl methyl sites for hydroxylation is 1. The minimum atomic E-state index is 1.01. The highest BCUT2D eigenvalue weighted by Gasteiger charge is 2.03. The lowest BCUT2D eigenvalue weighted by Crippen LogP contribution is -2.12. The van der Waals surface area contributed by atoms with Crippen molar-refractivity contribution in [3.05, 3.63) is 23.5 Å². The van der Waals surface area contributed by atoms with Crippen LogP contribution in [0, 0.1) is 6.92 Å². The summed E-state index contributed by atoms with van der Waals surface area (Å²) in [6, 6.07) is 2.25. The number of aromatic nitrogens is 1. The summed E-state index contributed by atoms with van der Waals surface area (Å²) in [5.41, 5.74) is 2.88. The van der Waals surface area contributed by atoms with Crippen LogP contribution in [0.4, 0.5) is 0 Å². The Kier molecular flexibility index (Phi) is 7.02. The molecule has 1 rings (SSSR count). The van der Waals surface area contributed by atoms with Crippen molar-refractivity contribution in [1.29, 1.82) is 0 Å². The van der Waals surface area contributed by atoms with Crippen LogP contribution in [0.1, 0.15) is 57.2 Å². The zero-order valence-corrected chi connectivity index (χ0v) is 11.8. The van der Waals surface area contributed by atoms with Gasteiger partial charge in [0.2, 0.25) is 0 Å². The van der Waals surface area contributed by atoms with Crippen LogP contribution in [0.15, 0.2) is 12.3 Å². The van der Waals surface area contributed by atoms with Gasteiger partial charge in [-0.3, -0.25) is 0 Å². The lowest BCUT2D eigenvalue weighted by Gasteiger charge is -2.08. The fourth-order valence-corrected chi connectivity index (χ4v) is 2.17. The van der Waals surface area contributed by atoms with E-state index in [4.69, 9.17) is 0 Å². The van der Waals surface area contributed by atoms with E-state index in [1.165, 1.54) is 49.9 Å². The first-order valence-electron chi connectivity index (χ1n) is 7.14. The SMILES string of the molecule is CCCCCCCn1ccc(CNCC)c1C. The first-order chi connectivity index (χ1) is 8.29. The summed E-state index contributed by atoms with van der Waals surface area (Å²) in [6.45, 7) is 9.89. The normalized spacial score (nSPS) is 11.0. The predicted octanol–water partition coefficient (Wildman–Crippen LogP) is 3.88. The fraction of sp³-hybridized carbons (Fsp3) is 0.733. The molecule has 0 aliphatic carbocycles. The van der Waals surface area contributed by atoms with Gasteiger partial charge < -0.3 is 9.88 Å². The summed E-state index contributed by atoms with van der Waals surface area (Å²) in [5.74, 6) is 0. The Hall–Kier alpha value is -0.760. The molecular formula is C15H28N2. The Bertz CT molecular complexity index is 302. The molecule has 0 saturated heterocycles. The lowest BCUT2D eigenvalue weighted by molar-refractivity contribution is 0.561. The van der Waals surface area contributed by atoms with Gasteiger partial charge in [0.25, 0.3) is 0 Å². The Labute approximate surface area is 106 Å². The van der Waals surface area contributed by atoms with E-state index in [2.05, 4.69) is 42.9 Å². The molecule has 17 heavy (non-hydrogen) atoms. The molecule has 1 N–H and O–H groups in total. The van der Waals surface area contributed by atoms with E-state index in [1.807, 2.05) is 0 Å². The first-order valence-corrected chi connectivity index (χ1v) is 7.14. The summed E-state index contributed by atoms with van der Waals surface area (Å²) in [4.78, 5) is 0. The number of nitrogens with zero attached hydrogens (tertiary/aromatic N) is 1. The number of hydrogen-bond acceptors (Lipinski definition) is 1. The van der Waals surface area contributed by atoms with Crippen LogP contribution < -0.4 is 5.32 Å². The third-order valence-electron chi connectivity index (χ3n) is 3.42. The molecular weight excluding hydrogens is 208 g/mol.